The van der Waals surface area contributed by atoms with E-state index in [-0.39, 0.29) is 0 Å². The molecule has 1 rings (SSSR count). The summed E-state index contributed by atoms with van der Waals surface area (Å²) in [5, 5.41) is 0. The van der Waals surface area contributed by atoms with Gasteiger partial charge in [-0.25, -0.2) is 0 Å². The molecule has 1 aromatic rings. The second kappa shape index (κ2) is 3.39. The van der Waals surface area contributed by atoms with Crippen molar-refractivity contribution >= 4 is 23.5 Å². The van der Waals surface area contributed by atoms with Gasteiger partial charge < -0.3 is 4.57 Å². The van der Waals surface area contributed by atoms with E-state index < -0.39 is 0 Å². The van der Waals surface area contributed by atoms with Gasteiger partial charge in [-0.15, -0.1) is 23.5 Å². The molecule has 1 aromatic heterocycles. The van der Waals surface area contributed by atoms with E-state index in [0.29, 0.717) is 0 Å². The Labute approximate surface area is 70.2 Å². The van der Waals surface area contributed by atoms with E-state index in [9.17, 15) is 0 Å². The molecular formula is C7H11NS2. The van der Waals surface area contributed by atoms with Crippen LogP contribution in [0.3, 0.4) is 0 Å². The Kier molecular flexibility index (Phi) is 2.74. The lowest BCUT2D eigenvalue weighted by Crippen LogP contribution is -1.76. The van der Waals surface area contributed by atoms with Crippen molar-refractivity contribution in [1.82, 2.24) is 4.57 Å². The predicted molar refractivity (Wildman–Crippen MR) is 49.0 cm³/mol. The normalized spacial score (nSPS) is 10.3. The Bertz CT molecular complexity index is 196. The zero-order valence-electron chi connectivity index (χ0n) is 6.42. The molecule has 0 aliphatic heterocycles. The third-order valence-electron chi connectivity index (χ3n) is 1.32. The average molecular weight is 173 g/mol. The number of rotatable bonds is 2. The monoisotopic (exact) mass is 173 g/mol. The molecule has 0 N–H and O–H groups in total. The van der Waals surface area contributed by atoms with Crippen molar-refractivity contribution in [2.24, 2.45) is 7.05 Å². The summed E-state index contributed by atoms with van der Waals surface area (Å²) in [5.74, 6) is 0. The van der Waals surface area contributed by atoms with Crippen molar-refractivity contribution in [3.05, 3.63) is 12.4 Å². The van der Waals surface area contributed by atoms with Crippen LogP contribution in [0.4, 0.5) is 0 Å². The van der Waals surface area contributed by atoms with Gasteiger partial charge in [0.15, 0.2) is 0 Å². The average Bonchev–Trinajstić information content (AvgIpc) is 2.30. The summed E-state index contributed by atoms with van der Waals surface area (Å²) < 4.78 is 2.09. The van der Waals surface area contributed by atoms with E-state index >= 15 is 0 Å². The Hall–Kier alpha value is -0.0200. The molecule has 0 saturated carbocycles. The molecule has 0 fully saturated rings. The first-order chi connectivity index (χ1) is 4.77. The van der Waals surface area contributed by atoms with Crippen LogP contribution in [0, 0.1) is 0 Å². The summed E-state index contributed by atoms with van der Waals surface area (Å²) in [6.07, 6.45) is 8.51. The lowest BCUT2D eigenvalue weighted by atomic mass is 10.7. The van der Waals surface area contributed by atoms with Gasteiger partial charge in [0, 0.05) is 29.2 Å². The summed E-state index contributed by atoms with van der Waals surface area (Å²) >= 11 is 3.60. The molecule has 0 aromatic carbocycles. The summed E-state index contributed by atoms with van der Waals surface area (Å²) in [6.45, 7) is 0. The first-order valence-electron chi connectivity index (χ1n) is 3.02. The lowest BCUT2D eigenvalue weighted by Gasteiger charge is -1.91. The third-order valence-corrected chi connectivity index (χ3v) is 2.98. The zero-order chi connectivity index (χ0) is 7.56. The summed E-state index contributed by atoms with van der Waals surface area (Å²) in [7, 11) is 2.06. The third kappa shape index (κ3) is 1.52. The van der Waals surface area contributed by atoms with Crippen LogP contribution < -0.4 is 0 Å². The summed E-state index contributed by atoms with van der Waals surface area (Å²) in [6, 6.07) is 0. The zero-order valence-corrected chi connectivity index (χ0v) is 8.05. The van der Waals surface area contributed by atoms with Crippen LogP contribution in [-0.4, -0.2) is 17.1 Å². The highest BCUT2D eigenvalue weighted by Crippen LogP contribution is 2.28. The number of aromatic nitrogens is 1. The molecule has 0 amide bonds. The summed E-state index contributed by atoms with van der Waals surface area (Å²) in [4.78, 5) is 2.74. The number of hydrogen-bond donors (Lipinski definition) is 0. The van der Waals surface area contributed by atoms with Gasteiger partial charge >= 0.3 is 0 Å². The van der Waals surface area contributed by atoms with Gasteiger partial charge in [0.05, 0.1) is 0 Å². The molecule has 0 radical (unpaired) electrons. The van der Waals surface area contributed by atoms with Gasteiger partial charge in [-0.3, -0.25) is 0 Å². The summed E-state index contributed by atoms with van der Waals surface area (Å²) in [5.41, 5.74) is 0. The smallest absolute Gasteiger partial charge is 0.0382 e. The van der Waals surface area contributed by atoms with Crippen LogP contribution in [0.25, 0.3) is 0 Å². The van der Waals surface area contributed by atoms with Gasteiger partial charge in [-0.05, 0) is 12.5 Å². The SMILES string of the molecule is CSc1cn(C)cc1SC. The number of aryl methyl sites for hydroxylation is 1. The minimum absolute atomic E-state index is 1.37. The van der Waals surface area contributed by atoms with Crippen LogP contribution in [-0.2, 0) is 7.05 Å². The Morgan fingerprint density at radius 1 is 1.10 bits per heavy atom. The first kappa shape index (κ1) is 8.08. The molecule has 0 aliphatic carbocycles. The van der Waals surface area contributed by atoms with E-state index in [2.05, 4.69) is 36.5 Å². The number of nitrogens with zero attached hydrogens (tertiary/aromatic N) is 1. The molecule has 56 valence electrons. The largest absolute Gasteiger partial charge is 0.355 e. The molecule has 3 heteroatoms. The van der Waals surface area contributed by atoms with Crippen molar-refractivity contribution in [3.8, 4) is 0 Å². The Morgan fingerprint density at radius 2 is 1.50 bits per heavy atom. The molecule has 0 spiro atoms. The Balaban J connectivity index is 2.96. The van der Waals surface area contributed by atoms with E-state index in [1.807, 2.05) is 0 Å². The fourth-order valence-corrected chi connectivity index (χ4v) is 2.39. The number of thioether (sulfide) groups is 2. The number of hydrogen-bond acceptors (Lipinski definition) is 2. The molecule has 1 nitrogen and oxygen atoms in total. The van der Waals surface area contributed by atoms with Crippen molar-refractivity contribution in [3.63, 3.8) is 0 Å². The molecule has 0 atom stereocenters. The first-order valence-corrected chi connectivity index (χ1v) is 5.47. The van der Waals surface area contributed by atoms with Crippen molar-refractivity contribution in [2.45, 2.75) is 9.79 Å². The quantitative estimate of drug-likeness (QED) is 0.633. The second-order valence-electron chi connectivity index (χ2n) is 2.06. The lowest BCUT2D eigenvalue weighted by molar-refractivity contribution is 0.916. The van der Waals surface area contributed by atoms with E-state index in [1.165, 1.54) is 9.79 Å². The second-order valence-corrected chi connectivity index (χ2v) is 3.76. The van der Waals surface area contributed by atoms with E-state index in [0.717, 1.165) is 0 Å². The molecule has 1 heterocycles. The van der Waals surface area contributed by atoms with Crippen molar-refractivity contribution in [1.29, 1.82) is 0 Å². The minimum Gasteiger partial charge on any atom is -0.355 e. The van der Waals surface area contributed by atoms with Gasteiger partial charge in [-0.1, -0.05) is 0 Å². The molecule has 0 saturated heterocycles. The maximum absolute atomic E-state index is 2.15. The van der Waals surface area contributed by atoms with Gasteiger partial charge in [0.2, 0.25) is 0 Å². The highest BCUT2D eigenvalue weighted by atomic mass is 32.2. The fraction of sp³-hybridized carbons (Fsp3) is 0.429. The van der Waals surface area contributed by atoms with Crippen LogP contribution >= 0.6 is 23.5 Å². The van der Waals surface area contributed by atoms with Crippen LogP contribution in [0.15, 0.2) is 22.2 Å². The molecule has 0 bridgehead atoms. The molecule has 0 aliphatic rings. The van der Waals surface area contributed by atoms with Crippen molar-refractivity contribution in [2.75, 3.05) is 12.5 Å². The fourth-order valence-electron chi connectivity index (χ4n) is 0.841. The van der Waals surface area contributed by atoms with Gasteiger partial charge in [0.1, 0.15) is 0 Å². The topological polar surface area (TPSA) is 4.93 Å². The maximum Gasteiger partial charge on any atom is 0.0382 e. The van der Waals surface area contributed by atoms with Crippen LogP contribution in [0.5, 0.6) is 0 Å². The predicted octanol–water partition coefficient (Wildman–Crippen LogP) is 2.47. The highest BCUT2D eigenvalue weighted by molar-refractivity contribution is 8.01. The highest BCUT2D eigenvalue weighted by Gasteiger charge is 2.00. The van der Waals surface area contributed by atoms with Crippen LogP contribution in [0.1, 0.15) is 0 Å². The van der Waals surface area contributed by atoms with Gasteiger partial charge in [-0.2, -0.15) is 0 Å². The van der Waals surface area contributed by atoms with E-state index in [4.69, 9.17) is 0 Å². The Morgan fingerprint density at radius 3 is 1.80 bits per heavy atom. The molecule has 10 heavy (non-hydrogen) atoms. The molecular weight excluding hydrogens is 162 g/mol. The maximum atomic E-state index is 2.15. The molecule has 0 unspecified atom stereocenters. The van der Waals surface area contributed by atoms with E-state index in [1.54, 1.807) is 23.5 Å². The van der Waals surface area contributed by atoms with Crippen LogP contribution in [0.2, 0.25) is 0 Å². The van der Waals surface area contributed by atoms with Gasteiger partial charge in [0.25, 0.3) is 0 Å². The van der Waals surface area contributed by atoms with Crippen molar-refractivity contribution < 1.29 is 0 Å². The minimum atomic E-state index is 1.37. The standard InChI is InChI=1S/C7H11NS2/c1-8-4-6(9-2)7(5-8)10-3/h4-5H,1-3H3.